The topological polar surface area (TPSA) is 56.0 Å². The van der Waals surface area contributed by atoms with Gasteiger partial charge in [-0.1, -0.05) is 13.8 Å². The molecule has 0 radical (unpaired) electrons. The van der Waals surface area contributed by atoms with Gasteiger partial charge in [0.25, 0.3) is 0 Å². The van der Waals surface area contributed by atoms with Crippen LogP contribution in [0.3, 0.4) is 0 Å². The first-order chi connectivity index (χ1) is 6.15. The van der Waals surface area contributed by atoms with Crippen molar-refractivity contribution in [1.82, 2.24) is 4.98 Å². The van der Waals surface area contributed by atoms with Crippen LogP contribution in [0.5, 0.6) is 0 Å². The number of aromatic nitrogens is 1. The van der Waals surface area contributed by atoms with Crippen molar-refractivity contribution >= 4 is 17.1 Å². The molecule has 1 aromatic rings. The third-order valence-electron chi connectivity index (χ3n) is 1.69. The Balaban J connectivity index is 2.73. The van der Waals surface area contributed by atoms with Crippen molar-refractivity contribution in [2.45, 2.75) is 20.3 Å². The van der Waals surface area contributed by atoms with E-state index in [2.05, 4.69) is 4.98 Å². The number of nitrogens with two attached hydrogens (primary N) is 1. The number of hydrogen-bond acceptors (Lipinski definition) is 4. The van der Waals surface area contributed by atoms with Crippen LogP contribution in [0.25, 0.3) is 0 Å². The normalized spacial score (nSPS) is 10.8. The Bertz CT molecular complexity index is 294. The van der Waals surface area contributed by atoms with Gasteiger partial charge in [0.2, 0.25) is 0 Å². The van der Waals surface area contributed by atoms with E-state index in [9.17, 15) is 4.79 Å². The zero-order valence-corrected chi connectivity index (χ0v) is 8.73. The number of ketones is 1. The van der Waals surface area contributed by atoms with Crippen molar-refractivity contribution in [3.8, 4) is 0 Å². The maximum Gasteiger partial charge on any atom is 0.184 e. The summed E-state index contributed by atoms with van der Waals surface area (Å²) in [5.74, 6) is 0.132. The molecule has 13 heavy (non-hydrogen) atoms. The molecule has 1 aromatic heterocycles. The van der Waals surface area contributed by atoms with Crippen LogP contribution in [0.15, 0.2) is 5.38 Å². The summed E-state index contributed by atoms with van der Waals surface area (Å²) in [5, 5.41) is 2.76. The van der Waals surface area contributed by atoms with E-state index < -0.39 is 0 Å². The van der Waals surface area contributed by atoms with Crippen molar-refractivity contribution in [1.29, 1.82) is 0 Å². The van der Waals surface area contributed by atoms with E-state index in [4.69, 9.17) is 5.73 Å². The SMILES string of the molecule is CC(C)C(=O)c1csc(CCN)n1. The fourth-order valence-electron chi connectivity index (χ4n) is 0.958. The number of carbonyl (C=O) groups is 1. The number of hydrogen-bond donors (Lipinski definition) is 1. The minimum atomic E-state index is 0.0211. The van der Waals surface area contributed by atoms with E-state index in [-0.39, 0.29) is 11.7 Å². The Morgan fingerprint density at radius 1 is 1.69 bits per heavy atom. The summed E-state index contributed by atoms with van der Waals surface area (Å²) in [6.07, 6.45) is 0.760. The number of nitrogens with zero attached hydrogens (tertiary/aromatic N) is 1. The summed E-state index contributed by atoms with van der Waals surface area (Å²) in [6.45, 7) is 4.34. The zero-order valence-electron chi connectivity index (χ0n) is 7.91. The minimum Gasteiger partial charge on any atom is -0.330 e. The van der Waals surface area contributed by atoms with Gasteiger partial charge in [0.15, 0.2) is 5.78 Å². The first kappa shape index (κ1) is 10.3. The molecule has 0 saturated carbocycles. The number of carbonyl (C=O) groups excluding carboxylic acids is 1. The Labute approximate surface area is 82.0 Å². The van der Waals surface area contributed by atoms with Crippen LogP contribution < -0.4 is 5.73 Å². The average Bonchev–Trinajstić information content (AvgIpc) is 2.52. The molecule has 0 aliphatic carbocycles. The number of rotatable bonds is 4. The summed E-state index contributed by atoms with van der Waals surface area (Å²) >= 11 is 1.51. The highest BCUT2D eigenvalue weighted by molar-refractivity contribution is 7.09. The molecule has 0 atom stereocenters. The highest BCUT2D eigenvalue weighted by Gasteiger charge is 2.13. The van der Waals surface area contributed by atoms with Gasteiger partial charge in [0.05, 0.1) is 5.01 Å². The van der Waals surface area contributed by atoms with Crippen LogP contribution in [-0.4, -0.2) is 17.3 Å². The van der Waals surface area contributed by atoms with Crippen molar-refractivity contribution < 1.29 is 4.79 Å². The lowest BCUT2D eigenvalue weighted by Gasteiger charge is -1.98. The van der Waals surface area contributed by atoms with Crippen molar-refractivity contribution in [2.75, 3.05) is 6.54 Å². The van der Waals surface area contributed by atoms with E-state index >= 15 is 0 Å². The van der Waals surface area contributed by atoms with Crippen molar-refractivity contribution in [3.05, 3.63) is 16.1 Å². The Hall–Kier alpha value is -0.740. The molecule has 72 valence electrons. The second-order valence-electron chi connectivity index (χ2n) is 3.18. The number of Topliss-reactive ketones (excluding diaryl/α,β-unsaturated/α-hetero) is 1. The molecule has 1 rings (SSSR count). The lowest BCUT2D eigenvalue weighted by molar-refractivity contribution is 0.0935. The van der Waals surface area contributed by atoms with Crippen LogP contribution in [0.1, 0.15) is 29.3 Å². The van der Waals surface area contributed by atoms with E-state index in [1.165, 1.54) is 11.3 Å². The van der Waals surface area contributed by atoms with Gasteiger partial charge in [-0.05, 0) is 6.54 Å². The van der Waals surface area contributed by atoms with Crippen LogP contribution in [0, 0.1) is 5.92 Å². The fraction of sp³-hybridized carbons (Fsp3) is 0.556. The lowest BCUT2D eigenvalue weighted by atomic mass is 10.1. The standard InChI is InChI=1S/C9H14N2OS/c1-6(2)9(12)7-5-13-8(11-7)3-4-10/h5-6H,3-4,10H2,1-2H3. The highest BCUT2D eigenvalue weighted by Crippen LogP contribution is 2.13. The largest absolute Gasteiger partial charge is 0.330 e. The molecule has 0 saturated heterocycles. The number of thiazole rings is 1. The minimum absolute atomic E-state index is 0.0211. The molecule has 0 aromatic carbocycles. The van der Waals surface area contributed by atoms with Crippen LogP contribution in [0.2, 0.25) is 0 Å². The summed E-state index contributed by atoms with van der Waals surface area (Å²) < 4.78 is 0. The van der Waals surface area contributed by atoms with E-state index in [0.29, 0.717) is 12.2 Å². The van der Waals surface area contributed by atoms with Crippen LogP contribution >= 0.6 is 11.3 Å². The molecule has 0 unspecified atom stereocenters. The average molecular weight is 198 g/mol. The second kappa shape index (κ2) is 4.48. The molecular weight excluding hydrogens is 184 g/mol. The Morgan fingerprint density at radius 3 is 2.92 bits per heavy atom. The molecule has 0 bridgehead atoms. The lowest BCUT2D eigenvalue weighted by Crippen LogP contribution is -2.08. The molecule has 0 aliphatic heterocycles. The molecule has 0 spiro atoms. The molecule has 3 nitrogen and oxygen atoms in total. The highest BCUT2D eigenvalue weighted by atomic mass is 32.1. The van der Waals surface area contributed by atoms with Crippen molar-refractivity contribution in [3.63, 3.8) is 0 Å². The van der Waals surface area contributed by atoms with Crippen LogP contribution in [0.4, 0.5) is 0 Å². The Kier molecular flexibility index (Phi) is 3.57. The first-order valence-electron chi connectivity index (χ1n) is 4.34. The van der Waals surface area contributed by atoms with E-state index in [0.717, 1.165) is 11.4 Å². The molecule has 0 amide bonds. The van der Waals surface area contributed by atoms with Gasteiger partial charge in [-0.15, -0.1) is 11.3 Å². The first-order valence-corrected chi connectivity index (χ1v) is 5.21. The summed E-state index contributed by atoms with van der Waals surface area (Å²) in [7, 11) is 0. The van der Waals surface area contributed by atoms with Gasteiger partial charge in [0.1, 0.15) is 5.69 Å². The predicted octanol–water partition coefficient (Wildman–Crippen LogP) is 1.48. The summed E-state index contributed by atoms with van der Waals surface area (Å²) in [6, 6.07) is 0. The van der Waals surface area contributed by atoms with E-state index in [1.54, 1.807) is 0 Å². The molecule has 2 N–H and O–H groups in total. The molecule has 4 heteroatoms. The molecule has 0 fully saturated rings. The van der Waals surface area contributed by atoms with Gasteiger partial charge >= 0.3 is 0 Å². The Morgan fingerprint density at radius 2 is 2.38 bits per heavy atom. The third-order valence-corrected chi connectivity index (χ3v) is 2.60. The van der Waals surface area contributed by atoms with Crippen molar-refractivity contribution in [2.24, 2.45) is 11.7 Å². The second-order valence-corrected chi connectivity index (χ2v) is 4.13. The van der Waals surface area contributed by atoms with Gasteiger partial charge in [-0.3, -0.25) is 4.79 Å². The smallest absolute Gasteiger partial charge is 0.184 e. The predicted molar refractivity (Wildman–Crippen MR) is 54.0 cm³/mol. The van der Waals surface area contributed by atoms with Gasteiger partial charge < -0.3 is 5.73 Å². The third kappa shape index (κ3) is 2.60. The maximum absolute atomic E-state index is 11.5. The van der Waals surface area contributed by atoms with Gasteiger partial charge in [-0.2, -0.15) is 0 Å². The zero-order chi connectivity index (χ0) is 9.84. The molecule has 1 heterocycles. The summed E-state index contributed by atoms with van der Waals surface area (Å²) in [5.41, 5.74) is 5.97. The maximum atomic E-state index is 11.5. The van der Waals surface area contributed by atoms with Gasteiger partial charge in [-0.25, -0.2) is 4.98 Å². The quantitative estimate of drug-likeness (QED) is 0.746. The van der Waals surface area contributed by atoms with Crippen LogP contribution in [-0.2, 0) is 6.42 Å². The van der Waals surface area contributed by atoms with E-state index in [1.807, 2.05) is 19.2 Å². The molecule has 0 aliphatic rings. The fourth-order valence-corrected chi connectivity index (χ4v) is 1.76. The van der Waals surface area contributed by atoms with Gasteiger partial charge in [0, 0.05) is 17.7 Å². The summed E-state index contributed by atoms with van der Waals surface area (Å²) in [4.78, 5) is 15.7. The monoisotopic (exact) mass is 198 g/mol. The molecular formula is C9H14N2OS.